The second kappa shape index (κ2) is 7.51. The summed E-state index contributed by atoms with van der Waals surface area (Å²) in [6.45, 7) is 12.3. The molecule has 3 aromatic rings. The molecular weight excluding hydrogens is 376 g/mol. The molecule has 1 atom stereocenters. The zero-order chi connectivity index (χ0) is 21.5. The molecule has 1 aliphatic rings. The molecule has 0 bridgehead atoms. The summed E-state index contributed by atoms with van der Waals surface area (Å²) in [4.78, 5) is 0. The summed E-state index contributed by atoms with van der Waals surface area (Å²) in [5, 5.41) is 0. The molecule has 1 unspecified atom stereocenters. The summed E-state index contributed by atoms with van der Waals surface area (Å²) < 4.78 is 25.6. The lowest BCUT2D eigenvalue weighted by molar-refractivity contribution is -0.142. The topological polar surface area (TPSA) is 40.8 Å². The molecule has 1 fully saturated rings. The Kier molecular flexibility index (Phi) is 5.15. The van der Waals surface area contributed by atoms with Gasteiger partial charge in [0.05, 0.1) is 18.8 Å². The molecule has 158 valence electrons. The fourth-order valence-electron chi connectivity index (χ4n) is 3.94. The van der Waals surface area contributed by atoms with Crippen LogP contribution in [0, 0.1) is 27.7 Å². The molecule has 1 aliphatic carbocycles. The molecule has 0 amide bonds. The van der Waals surface area contributed by atoms with E-state index in [1.165, 1.54) is 11.1 Å². The van der Waals surface area contributed by atoms with Crippen molar-refractivity contribution in [2.45, 2.75) is 65.5 Å². The van der Waals surface area contributed by atoms with Gasteiger partial charge in [-0.1, -0.05) is 24.3 Å². The minimum absolute atomic E-state index is 0.0265. The van der Waals surface area contributed by atoms with Gasteiger partial charge in [0, 0.05) is 0 Å². The van der Waals surface area contributed by atoms with Crippen LogP contribution in [0.4, 0.5) is 0 Å². The normalized spacial score (nSPS) is 19.7. The van der Waals surface area contributed by atoms with Crippen LogP contribution in [-0.2, 0) is 10.3 Å². The van der Waals surface area contributed by atoms with Crippen molar-refractivity contribution in [3.63, 3.8) is 0 Å². The largest absolute Gasteiger partial charge is 0.466 e. The maximum atomic E-state index is 6.66. The van der Waals surface area contributed by atoms with Crippen molar-refractivity contribution in [3.05, 3.63) is 82.8 Å². The van der Waals surface area contributed by atoms with Crippen LogP contribution in [0.3, 0.4) is 0 Å². The Hall–Kier alpha value is -2.72. The fourth-order valence-corrected chi connectivity index (χ4v) is 3.94. The van der Waals surface area contributed by atoms with Gasteiger partial charge in [0.15, 0.2) is 0 Å². The summed E-state index contributed by atoms with van der Waals surface area (Å²) >= 11 is 0. The Morgan fingerprint density at radius 1 is 0.800 bits per heavy atom. The van der Waals surface area contributed by atoms with Gasteiger partial charge in [-0.15, -0.1) is 0 Å². The average Bonchev–Trinajstić information content (AvgIpc) is 3.06. The van der Waals surface area contributed by atoms with E-state index in [2.05, 4.69) is 39.8 Å². The third kappa shape index (κ3) is 3.39. The Balaban J connectivity index is 1.81. The third-order valence-corrected chi connectivity index (χ3v) is 5.99. The molecular formula is C26H30O4. The first-order chi connectivity index (χ1) is 14.3. The second-order valence-electron chi connectivity index (χ2n) is 8.50. The lowest BCUT2D eigenvalue weighted by Crippen LogP contribution is -2.39. The molecule has 0 radical (unpaired) electrons. The van der Waals surface area contributed by atoms with Gasteiger partial charge in [0.1, 0.15) is 17.3 Å². The SMILES string of the molecule is Cc1cccc(OC2(Oc3cccc(C)c3C)CC2(OC(C)C)c2ccco2)c1C. The molecule has 1 heterocycles. The van der Waals surface area contributed by atoms with Crippen molar-refractivity contribution in [2.75, 3.05) is 0 Å². The minimum Gasteiger partial charge on any atom is -0.466 e. The highest BCUT2D eigenvalue weighted by Gasteiger charge is 2.78. The van der Waals surface area contributed by atoms with Gasteiger partial charge < -0.3 is 18.6 Å². The predicted octanol–water partition coefficient (Wildman–Crippen LogP) is 6.39. The highest BCUT2D eigenvalue weighted by Crippen LogP contribution is 2.62. The lowest BCUT2D eigenvalue weighted by Gasteiger charge is -2.29. The molecule has 4 nitrogen and oxygen atoms in total. The highest BCUT2D eigenvalue weighted by atomic mass is 16.7. The molecule has 0 saturated heterocycles. The van der Waals surface area contributed by atoms with Crippen molar-refractivity contribution in [3.8, 4) is 11.5 Å². The van der Waals surface area contributed by atoms with Crippen LogP contribution in [0.1, 0.15) is 48.3 Å². The molecule has 0 aliphatic heterocycles. The zero-order valence-electron chi connectivity index (χ0n) is 18.6. The van der Waals surface area contributed by atoms with E-state index in [1.807, 2.05) is 50.2 Å². The number of aryl methyl sites for hydroxylation is 2. The molecule has 2 aromatic carbocycles. The molecule has 4 heteroatoms. The van der Waals surface area contributed by atoms with E-state index in [0.717, 1.165) is 22.6 Å². The predicted molar refractivity (Wildman–Crippen MR) is 117 cm³/mol. The Labute approximate surface area is 178 Å². The first kappa shape index (κ1) is 20.5. The fraction of sp³-hybridized carbons (Fsp3) is 0.385. The summed E-state index contributed by atoms with van der Waals surface area (Å²) in [5.41, 5.74) is 3.70. The van der Waals surface area contributed by atoms with Gasteiger partial charge in [-0.05, 0) is 88.1 Å². The minimum atomic E-state index is -1.02. The first-order valence-corrected chi connectivity index (χ1v) is 10.5. The number of ether oxygens (including phenoxy) is 3. The van der Waals surface area contributed by atoms with Crippen LogP contribution >= 0.6 is 0 Å². The van der Waals surface area contributed by atoms with Gasteiger partial charge in [0.25, 0.3) is 5.79 Å². The summed E-state index contributed by atoms with van der Waals surface area (Å²) in [6, 6.07) is 15.9. The van der Waals surface area contributed by atoms with Gasteiger partial charge >= 0.3 is 0 Å². The number of furan rings is 1. The molecule has 0 spiro atoms. The number of hydrogen-bond acceptors (Lipinski definition) is 4. The van der Waals surface area contributed by atoms with Crippen molar-refractivity contribution in [1.82, 2.24) is 0 Å². The number of hydrogen-bond donors (Lipinski definition) is 0. The monoisotopic (exact) mass is 406 g/mol. The van der Waals surface area contributed by atoms with Gasteiger partial charge in [-0.3, -0.25) is 0 Å². The molecule has 4 rings (SSSR count). The lowest BCUT2D eigenvalue weighted by atomic mass is 10.1. The smallest absolute Gasteiger partial charge is 0.291 e. The van der Waals surface area contributed by atoms with Crippen LogP contribution in [0.5, 0.6) is 11.5 Å². The highest BCUT2D eigenvalue weighted by molar-refractivity contribution is 5.43. The Morgan fingerprint density at radius 2 is 1.37 bits per heavy atom. The number of benzene rings is 2. The first-order valence-electron chi connectivity index (χ1n) is 10.5. The van der Waals surface area contributed by atoms with Crippen molar-refractivity contribution in [1.29, 1.82) is 0 Å². The Bertz CT molecular complexity index is 982. The van der Waals surface area contributed by atoms with E-state index >= 15 is 0 Å². The summed E-state index contributed by atoms with van der Waals surface area (Å²) in [5.74, 6) is 1.28. The molecule has 1 aromatic heterocycles. The summed E-state index contributed by atoms with van der Waals surface area (Å²) in [7, 11) is 0. The Morgan fingerprint density at radius 3 is 1.83 bits per heavy atom. The molecule has 1 saturated carbocycles. The van der Waals surface area contributed by atoms with E-state index < -0.39 is 11.4 Å². The van der Waals surface area contributed by atoms with E-state index in [1.54, 1.807) is 6.26 Å². The molecule has 0 N–H and O–H groups in total. The van der Waals surface area contributed by atoms with Crippen LogP contribution < -0.4 is 9.47 Å². The van der Waals surface area contributed by atoms with Crippen molar-refractivity contribution in [2.24, 2.45) is 0 Å². The third-order valence-electron chi connectivity index (χ3n) is 5.99. The van der Waals surface area contributed by atoms with Crippen LogP contribution in [0.2, 0.25) is 0 Å². The van der Waals surface area contributed by atoms with E-state index in [-0.39, 0.29) is 6.10 Å². The van der Waals surface area contributed by atoms with Crippen molar-refractivity contribution < 1.29 is 18.6 Å². The van der Waals surface area contributed by atoms with E-state index in [4.69, 9.17) is 18.6 Å². The average molecular weight is 407 g/mol. The second-order valence-corrected chi connectivity index (χ2v) is 8.50. The maximum absolute atomic E-state index is 6.66. The van der Waals surface area contributed by atoms with Crippen LogP contribution in [0.25, 0.3) is 0 Å². The maximum Gasteiger partial charge on any atom is 0.291 e. The van der Waals surface area contributed by atoms with Crippen molar-refractivity contribution >= 4 is 0 Å². The van der Waals surface area contributed by atoms with Crippen LogP contribution in [0.15, 0.2) is 59.2 Å². The molecule has 30 heavy (non-hydrogen) atoms. The van der Waals surface area contributed by atoms with Crippen LogP contribution in [-0.4, -0.2) is 11.9 Å². The van der Waals surface area contributed by atoms with E-state index in [0.29, 0.717) is 12.2 Å². The quantitative estimate of drug-likeness (QED) is 0.426. The van der Waals surface area contributed by atoms with E-state index in [9.17, 15) is 0 Å². The zero-order valence-corrected chi connectivity index (χ0v) is 18.6. The van der Waals surface area contributed by atoms with Gasteiger partial charge in [-0.25, -0.2) is 0 Å². The standard InChI is InChI=1S/C26H30O4/c1-17(2)28-25(24-14-9-15-27-24)16-26(25,29-22-12-7-10-18(3)20(22)5)30-23-13-8-11-19(4)21(23)6/h7-15,17H,16H2,1-6H3. The summed E-state index contributed by atoms with van der Waals surface area (Å²) in [6.07, 6.45) is 2.17. The van der Waals surface area contributed by atoms with Gasteiger partial charge in [0.2, 0.25) is 5.60 Å². The number of rotatable bonds is 7. The van der Waals surface area contributed by atoms with Gasteiger partial charge in [-0.2, -0.15) is 0 Å².